The third-order valence-corrected chi connectivity index (χ3v) is 2.84. The molecular weight excluding hydrogens is 252 g/mol. The van der Waals surface area contributed by atoms with Gasteiger partial charge in [-0.25, -0.2) is 4.98 Å². The lowest BCUT2D eigenvalue weighted by atomic mass is 10.1. The maximum atomic E-state index is 6.06. The molecule has 0 aliphatic carbocycles. The summed E-state index contributed by atoms with van der Waals surface area (Å²) in [4.78, 5) is 3.99. The highest BCUT2D eigenvalue weighted by Gasteiger charge is 2.08. The van der Waals surface area contributed by atoms with Crippen LogP contribution in [0.2, 0.25) is 15.2 Å². The van der Waals surface area contributed by atoms with Crippen molar-refractivity contribution in [2.24, 2.45) is 0 Å². The second-order valence-corrected chi connectivity index (χ2v) is 4.17. The van der Waals surface area contributed by atoms with Crippen LogP contribution < -0.4 is 0 Å². The number of hydrogen-bond acceptors (Lipinski definition) is 1. The molecule has 0 fully saturated rings. The molecule has 0 aliphatic heterocycles. The SMILES string of the molecule is Clc1ccc(Cl)c(-c2cccnc2Cl)c1. The molecule has 0 amide bonds. The van der Waals surface area contributed by atoms with Crippen LogP contribution in [-0.4, -0.2) is 4.98 Å². The summed E-state index contributed by atoms with van der Waals surface area (Å²) in [7, 11) is 0. The van der Waals surface area contributed by atoms with Gasteiger partial charge in [0.2, 0.25) is 0 Å². The largest absolute Gasteiger partial charge is 0.244 e. The van der Waals surface area contributed by atoms with Crippen LogP contribution in [0.5, 0.6) is 0 Å². The molecule has 0 aliphatic rings. The van der Waals surface area contributed by atoms with E-state index in [9.17, 15) is 0 Å². The van der Waals surface area contributed by atoms with Gasteiger partial charge < -0.3 is 0 Å². The van der Waals surface area contributed by atoms with Crippen LogP contribution in [0.3, 0.4) is 0 Å². The zero-order valence-corrected chi connectivity index (χ0v) is 9.81. The van der Waals surface area contributed by atoms with E-state index in [4.69, 9.17) is 34.8 Å². The number of hydrogen-bond donors (Lipinski definition) is 0. The number of halogens is 3. The third-order valence-electron chi connectivity index (χ3n) is 1.98. The minimum absolute atomic E-state index is 0.418. The Morgan fingerprint density at radius 2 is 1.73 bits per heavy atom. The summed E-state index contributed by atoms with van der Waals surface area (Å²) in [6, 6.07) is 8.90. The Labute approximate surface area is 103 Å². The van der Waals surface area contributed by atoms with E-state index in [2.05, 4.69) is 4.98 Å². The van der Waals surface area contributed by atoms with E-state index < -0.39 is 0 Å². The van der Waals surface area contributed by atoms with Crippen molar-refractivity contribution in [3.8, 4) is 11.1 Å². The van der Waals surface area contributed by atoms with Crippen molar-refractivity contribution in [3.05, 3.63) is 51.7 Å². The predicted octanol–water partition coefficient (Wildman–Crippen LogP) is 4.71. The molecule has 4 heteroatoms. The second-order valence-electron chi connectivity index (χ2n) is 2.97. The lowest BCUT2D eigenvalue weighted by molar-refractivity contribution is 1.33. The van der Waals surface area contributed by atoms with E-state index in [1.54, 1.807) is 30.5 Å². The van der Waals surface area contributed by atoms with Gasteiger partial charge in [0.1, 0.15) is 5.15 Å². The fourth-order valence-electron chi connectivity index (χ4n) is 1.29. The van der Waals surface area contributed by atoms with Gasteiger partial charge >= 0.3 is 0 Å². The standard InChI is InChI=1S/C11H6Cl3N/c12-7-3-4-10(13)9(6-7)8-2-1-5-15-11(8)14/h1-6H. The Morgan fingerprint density at radius 3 is 2.47 bits per heavy atom. The van der Waals surface area contributed by atoms with E-state index in [0.29, 0.717) is 15.2 Å². The van der Waals surface area contributed by atoms with E-state index in [1.807, 2.05) is 6.07 Å². The van der Waals surface area contributed by atoms with Crippen LogP contribution in [0, 0.1) is 0 Å². The summed E-state index contributed by atoms with van der Waals surface area (Å²) < 4.78 is 0. The van der Waals surface area contributed by atoms with Crippen LogP contribution >= 0.6 is 34.8 Å². The molecule has 2 rings (SSSR count). The Kier molecular flexibility index (Phi) is 3.15. The van der Waals surface area contributed by atoms with Crippen molar-refractivity contribution in [1.82, 2.24) is 4.98 Å². The molecule has 0 saturated heterocycles. The Morgan fingerprint density at radius 1 is 0.933 bits per heavy atom. The van der Waals surface area contributed by atoms with E-state index >= 15 is 0 Å². The molecule has 1 nitrogen and oxygen atoms in total. The van der Waals surface area contributed by atoms with Gasteiger partial charge in [0.25, 0.3) is 0 Å². The molecule has 0 N–H and O–H groups in total. The van der Waals surface area contributed by atoms with Crippen molar-refractivity contribution in [3.63, 3.8) is 0 Å². The molecule has 0 unspecified atom stereocenters. The van der Waals surface area contributed by atoms with Crippen LogP contribution in [0.25, 0.3) is 11.1 Å². The molecule has 15 heavy (non-hydrogen) atoms. The average Bonchev–Trinajstić information content (AvgIpc) is 2.23. The van der Waals surface area contributed by atoms with E-state index in [-0.39, 0.29) is 0 Å². The minimum Gasteiger partial charge on any atom is -0.244 e. The fourth-order valence-corrected chi connectivity index (χ4v) is 1.90. The Hall–Kier alpha value is -0.760. The first-order valence-electron chi connectivity index (χ1n) is 4.24. The quantitative estimate of drug-likeness (QED) is 0.675. The molecule has 0 radical (unpaired) electrons. The fraction of sp³-hybridized carbons (Fsp3) is 0. The van der Waals surface area contributed by atoms with Gasteiger partial charge in [0.15, 0.2) is 0 Å². The van der Waals surface area contributed by atoms with Crippen molar-refractivity contribution in [2.45, 2.75) is 0 Å². The van der Waals surface area contributed by atoms with Crippen molar-refractivity contribution < 1.29 is 0 Å². The molecule has 0 atom stereocenters. The summed E-state index contributed by atoms with van der Waals surface area (Å²) in [5, 5.41) is 1.64. The molecule has 0 bridgehead atoms. The molecule has 1 aromatic carbocycles. The monoisotopic (exact) mass is 257 g/mol. The average molecular weight is 259 g/mol. The first-order chi connectivity index (χ1) is 7.18. The molecule has 76 valence electrons. The highest BCUT2D eigenvalue weighted by molar-refractivity contribution is 6.37. The number of aromatic nitrogens is 1. The predicted molar refractivity (Wildman–Crippen MR) is 64.7 cm³/mol. The van der Waals surface area contributed by atoms with Crippen LogP contribution in [0.15, 0.2) is 36.5 Å². The second kappa shape index (κ2) is 4.40. The summed E-state index contributed by atoms with van der Waals surface area (Å²) in [6.45, 7) is 0. The third kappa shape index (κ3) is 2.25. The molecule has 0 spiro atoms. The normalized spacial score (nSPS) is 10.3. The van der Waals surface area contributed by atoms with Gasteiger partial charge in [-0.05, 0) is 30.3 Å². The molecule has 0 saturated carbocycles. The van der Waals surface area contributed by atoms with Gasteiger partial charge in [0, 0.05) is 27.4 Å². The van der Waals surface area contributed by atoms with Crippen LogP contribution in [0.1, 0.15) is 0 Å². The number of benzene rings is 1. The highest BCUT2D eigenvalue weighted by atomic mass is 35.5. The van der Waals surface area contributed by atoms with Crippen molar-refractivity contribution >= 4 is 34.8 Å². The lowest BCUT2D eigenvalue weighted by Gasteiger charge is -2.06. The van der Waals surface area contributed by atoms with Crippen LogP contribution in [0.4, 0.5) is 0 Å². The van der Waals surface area contributed by atoms with E-state index in [1.165, 1.54) is 0 Å². The van der Waals surface area contributed by atoms with Gasteiger partial charge in [-0.1, -0.05) is 34.8 Å². The van der Waals surface area contributed by atoms with Crippen LogP contribution in [-0.2, 0) is 0 Å². The van der Waals surface area contributed by atoms with Gasteiger partial charge in [-0.3, -0.25) is 0 Å². The molecular formula is C11H6Cl3N. The summed E-state index contributed by atoms with van der Waals surface area (Å²) >= 11 is 17.9. The summed E-state index contributed by atoms with van der Waals surface area (Å²) in [6.07, 6.45) is 1.63. The molecule has 2 aromatic rings. The topological polar surface area (TPSA) is 12.9 Å². The minimum atomic E-state index is 0.418. The highest BCUT2D eigenvalue weighted by Crippen LogP contribution is 2.33. The maximum absolute atomic E-state index is 6.06. The zero-order valence-electron chi connectivity index (χ0n) is 7.55. The lowest BCUT2D eigenvalue weighted by Crippen LogP contribution is -1.83. The van der Waals surface area contributed by atoms with Gasteiger partial charge in [-0.2, -0.15) is 0 Å². The Balaban J connectivity index is 2.64. The number of rotatable bonds is 1. The van der Waals surface area contributed by atoms with Gasteiger partial charge in [0.05, 0.1) is 0 Å². The van der Waals surface area contributed by atoms with E-state index in [0.717, 1.165) is 11.1 Å². The zero-order chi connectivity index (χ0) is 10.8. The molecule has 1 heterocycles. The first kappa shape index (κ1) is 10.7. The number of nitrogens with zero attached hydrogens (tertiary/aromatic N) is 1. The molecule has 1 aromatic heterocycles. The number of pyridine rings is 1. The van der Waals surface area contributed by atoms with Crippen molar-refractivity contribution in [1.29, 1.82) is 0 Å². The smallest absolute Gasteiger partial charge is 0.136 e. The van der Waals surface area contributed by atoms with Gasteiger partial charge in [-0.15, -0.1) is 0 Å². The maximum Gasteiger partial charge on any atom is 0.136 e. The summed E-state index contributed by atoms with van der Waals surface area (Å²) in [5.74, 6) is 0. The first-order valence-corrected chi connectivity index (χ1v) is 5.38. The Bertz CT molecular complexity index is 497. The summed E-state index contributed by atoms with van der Waals surface area (Å²) in [5.41, 5.74) is 1.58. The van der Waals surface area contributed by atoms with Crippen molar-refractivity contribution in [2.75, 3.05) is 0 Å².